The molecule has 2 rings (SSSR count). The second-order valence-corrected chi connectivity index (χ2v) is 3.91. The summed E-state index contributed by atoms with van der Waals surface area (Å²) in [6.45, 7) is 2.03. The lowest BCUT2D eigenvalue weighted by molar-refractivity contribution is 0.0602. The minimum atomic E-state index is -0.434. The van der Waals surface area contributed by atoms with Crippen LogP contribution in [0.3, 0.4) is 0 Å². The molecule has 94 valence electrons. The van der Waals surface area contributed by atoms with E-state index in [0.717, 1.165) is 23.2 Å². The fourth-order valence-corrected chi connectivity index (χ4v) is 1.90. The van der Waals surface area contributed by atoms with Gasteiger partial charge in [-0.25, -0.2) is 4.79 Å². The molecule has 0 amide bonds. The summed E-state index contributed by atoms with van der Waals surface area (Å²) >= 11 is 0. The van der Waals surface area contributed by atoms with Gasteiger partial charge in [0.25, 0.3) is 0 Å². The molecule has 0 radical (unpaired) electrons. The normalized spacial score (nSPS) is 10.3. The average molecular weight is 245 g/mol. The number of rotatable bonds is 3. The van der Waals surface area contributed by atoms with Crippen molar-refractivity contribution >= 4 is 11.7 Å². The minimum absolute atomic E-state index is 0.374. The maximum absolute atomic E-state index is 11.6. The molecule has 1 heterocycles. The molecule has 0 aliphatic carbocycles. The Labute approximate surface area is 105 Å². The van der Waals surface area contributed by atoms with Gasteiger partial charge in [0.15, 0.2) is 0 Å². The number of benzene rings is 1. The predicted octanol–water partition coefficient (Wildman–Crippen LogP) is 2.01. The molecule has 0 spiro atoms. The number of hydrogen-bond acceptors (Lipinski definition) is 4. The van der Waals surface area contributed by atoms with Crippen LogP contribution in [0.2, 0.25) is 0 Å². The number of nitrogens with zero attached hydrogens (tertiary/aromatic N) is 1. The van der Waals surface area contributed by atoms with Crippen molar-refractivity contribution in [2.24, 2.45) is 0 Å². The van der Waals surface area contributed by atoms with E-state index in [-0.39, 0.29) is 0 Å². The molecule has 0 atom stereocenters. The Morgan fingerprint density at radius 2 is 2.28 bits per heavy atom. The largest absolute Gasteiger partial charge is 0.465 e. The molecule has 5 heteroatoms. The molecule has 18 heavy (non-hydrogen) atoms. The molecule has 5 nitrogen and oxygen atoms in total. The van der Waals surface area contributed by atoms with E-state index in [4.69, 9.17) is 10.5 Å². The molecule has 0 aliphatic heterocycles. The van der Waals surface area contributed by atoms with Crippen LogP contribution in [0.25, 0.3) is 11.3 Å². The Hall–Kier alpha value is -2.30. The van der Waals surface area contributed by atoms with Crippen molar-refractivity contribution in [2.75, 3.05) is 12.8 Å². The molecule has 0 aliphatic rings. The number of nitrogen functional groups attached to an aromatic ring is 1. The average Bonchev–Trinajstić information content (AvgIpc) is 2.91. The molecule has 0 saturated carbocycles. The van der Waals surface area contributed by atoms with Gasteiger partial charge in [0.05, 0.1) is 18.4 Å². The zero-order valence-corrected chi connectivity index (χ0v) is 10.4. The molecule has 0 saturated heterocycles. The first-order valence-electron chi connectivity index (χ1n) is 5.67. The van der Waals surface area contributed by atoms with Crippen molar-refractivity contribution in [3.05, 3.63) is 35.5 Å². The molecular weight excluding hydrogens is 230 g/mol. The smallest absolute Gasteiger partial charge is 0.339 e. The van der Waals surface area contributed by atoms with Gasteiger partial charge in [-0.3, -0.25) is 5.10 Å². The number of aryl methyl sites for hydroxylation is 1. The van der Waals surface area contributed by atoms with Gasteiger partial charge in [-0.1, -0.05) is 6.92 Å². The Bertz CT molecular complexity index is 562. The Balaban J connectivity index is 2.60. The van der Waals surface area contributed by atoms with Crippen molar-refractivity contribution in [1.29, 1.82) is 0 Å². The highest BCUT2D eigenvalue weighted by Crippen LogP contribution is 2.27. The zero-order valence-electron chi connectivity index (χ0n) is 10.4. The zero-order chi connectivity index (χ0) is 13.1. The Morgan fingerprint density at radius 3 is 2.83 bits per heavy atom. The fraction of sp³-hybridized carbons (Fsp3) is 0.231. The first-order chi connectivity index (χ1) is 8.67. The SMILES string of the molecule is CCc1cc(N)c(C(=O)OC)cc1-c1ccn[nH]1. The lowest BCUT2D eigenvalue weighted by atomic mass is 9.98. The number of hydrogen-bond donors (Lipinski definition) is 2. The number of H-pyrrole nitrogens is 1. The minimum Gasteiger partial charge on any atom is -0.465 e. The number of anilines is 1. The third kappa shape index (κ3) is 2.07. The maximum atomic E-state index is 11.6. The molecule has 0 unspecified atom stereocenters. The summed E-state index contributed by atoms with van der Waals surface area (Å²) < 4.78 is 4.72. The summed E-state index contributed by atoms with van der Waals surface area (Å²) in [7, 11) is 1.34. The summed E-state index contributed by atoms with van der Waals surface area (Å²) in [5.41, 5.74) is 9.51. The van der Waals surface area contributed by atoms with E-state index in [2.05, 4.69) is 10.2 Å². The van der Waals surface area contributed by atoms with E-state index in [1.54, 1.807) is 12.3 Å². The number of ether oxygens (including phenoxy) is 1. The van der Waals surface area contributed by atoms with Crippen LogP contribution >= 0.6 is 0 Å². The third-order valence-electron chi connectivity index (χ3n) is 2.85. The van der Waals surface area contributed by atoms with Crippen LogP contribution in [0, 0.1) is 0 Å². The summed E-state index contributed by atoms with van der Waals surface area (Å²) in [6.07, 6.45) is 2.49. The van der Waals surface area contributed by atoms with Crippen LogP contribution in [0.1, 0.15) is 22.8 Å². The van der Waals surface area contributed by atoms with E-state index in [1.807, 2.05) is 19.1 Å². The molecule has 1 aromatic heterocycles. The number of carbonyl (C=O) groups is 1. The number of methoxy groups -OCH3 is 1. The molecular formula is C13H15N3O2. The van der Waals surface area contributed by atoms with Crippen LogP contribution < -0.4 is 5.73 Å². The second kappa shape index (κ2) is 4.91. The van der Waals surface area contributed by atoms with Gasteiger partial charge >= 0.3 is 5.97 Å². The van der Waals surface area contributed by atoms with E-state index in [0.29, 0.717) is 11.3 Å². The first-order valence-corrected chi connectivity index (χ1v) is 5.67. The Kier molecular flexibility index (Phi) is 3.32. The van der Waals surface area contributed by atoms with E-state index < -0.39 is 5.97 Å². The van der Waals surface area contributed by atoms with Gasteiger partial charge in [-0.05, 0) is 30.2 Å². The molecule has 1 aromatic carbocycles. The first kappa shape index (κ1) is 12.2. The van der Waals surface area contributed by atoms with Gasteiger partial charge in [-0.2, -0.15) is 5.10 Å². The van der Waals surface area contributed by atoms with Gasteiger partial charge < -0.3 is 10.5 Å². The van der Waals surface area contributed by atoms with Gasteiger partial charge in [0.2, 0.25) is 0 Å². The highest BCUT2D eigenvalue weighted by Gasteiger charge is 2.15. The van der Waals surface area contributed by atoms with Crippen LogP contribution in [0.4, 0.5) is 5.69 Å². The van der Waals surface area contributed by atoms with Crippen molar-refractivity contribution in [3.63, 3.8) is 0 Å². The van der Waals surface area contributed by atoms with E-state index >= 15 is 0 Å². The van der Waals surface area contributed by atoms with Crippen LogP contribution in [-0.2, 0) is 11.2 Å². The Morgan fingerprint density at radius 1 is 1.50 bits per heavy atom. The lowest BCUT2D eigenvalue weighted by Gasteiger charge is -2.11. The fourth-order valence-electron chi connectivity index (χ4n) is 1.90. The number of aromatic amines is 1. The highest BCUT2D eigenvalue weighted by atomic mass is 16.5. The number of esters is 1. The van der Waals surface area contributed by atoms with Crippen LogP contribution in [0.5, 0.6) is 0 Å². The van der Waals surface area contributed by atoms with Crippen molar-refractivity contribution in [2.45, 2.75) is 13.3 Å². The lowest BCUT2D eigenvalue weighted by Crippen LogP contribution is -2.07. The topological polar surface area (TPSA) is 81.0 Å². The highest BCUT2D eigenvalue weighted by molar-refractivity contribution is 5.97. The molecule has 3 N–H and O–H groups in total. The number of nitrogens with two attached hydrogens (primary N) is 1. The van der Waals surface area contributed by atoms with Crippen molar-refractivity contribution < 1.29 is 9.53 Å². The quantitative estimate of drug-likeness (QED) is 0.640. The summed E-state index contributed by atoms with van der Waals surface area (Å²) in [5.74, 6) is -0.434. The standard InChI is InChI=1S/C13H15N3O2/c1-3-8-6-11(14)10(13(17)18-2)7-9(8)12-4-5-15-16-12/h4-7H,3,14H2,1-2H3,(H,15,16). The van der Waals surface area contributed by atoms with Gasteiger partial charge in [0.1, 0.15) is 0 Å². The van der Waals surface area contributed by atoms with Crippen molar-refractivity contribution in [1.82, 2.24) is 10.2 Å². The molecule has 2 aromatic rings. The second-order valence-electron chi connectivity index (χ2n) is 3.91. The maximum Gasteiger partial charge on any atom is 0.339 e. The third-order valence-corrected chi connectivity index (χ3v) is 2.85. The summed E-state index contributed by atoms with van der Waals surface area (Å²) in [6, 6.07) is 5.40. The monoisotopic (exact) mass is 245 g/mol. The van der Waals surface area contributed by atoms with Crippen molar-refractivity contribution in [3.8, 4) is 11.3 Å². The van der Waals surface area contributed by atoms with E-state index in [1.165, 1.54) is 7.11 Å². The number of nitrogens with one attached hydrogen (secondary N) is 1. The van der Waals surface area contributed by atoms with Crippen LogP contribution in [0.15, 0.2) is 24.4 Å². The van der Waals surface area contributed by atoms with E-state index in [9.17, 15) is 4.79 Å². The summed E-state index contributed by atoms with van der Waals surface area (Å²) in [4.78, 5) is 11.6. The predicted molar refractivity (Wildman–Crippen MR) is 69.2 cm³/mol. The van der Waals surface area contributed by atoms with Crippen LogP contribution in [-0.4, -0.2) is 23.3 Å². The molecule has 0 fully saturated rings. The van der Waals surface area contributed by atoms with Gasteiger partial charge in [-0.15, -0.1) is 0 Å². The number of aromatic nitrogens is 2. The van der Waals surface area contributed by atoms with Gasteiger partial charge in [0, 0.05) is 17.4 Å². The number of carbonyl (C=O) groups excluding carboxylic acids is 1. The summed E-state index contributed by atoms with van der Waals surface area (Å²) in [5, 5.41) is 6.81. The molecule has 0 bridgehead atoms.